The molecule has 2 atom stereocenters. The monoisotopic (exact) mass is 266 g/mol. The quantitative estimate of drug-likeness (QED) is 0.428. The molecule has 106 valence electrons. The van der Waals surface area contributed by atoms with Crippen molar-refractivity contribution in [1.29, 1.82) is 0 Å². The highest BCUT2D eigenvalue weighted by Gasteiger charge is 2.29. The van der Waals surface area contributed by atoms with E-state index in [2.05, 4.69) is 6.58 Å². The second-order valence-electron chi connectivity index (χ2n) is 4.93. The molecule has 1 fully saturated rings. The van der Waals surface area contributed by atoms with Crippen LogP contribution in [0.2, 0.25) is 0 Å². The van der Waals surface area contributed by atoms with Gasteiger partial charge >= 0.3 is 5.97 Å². The highest BCUT2D eigenvalue weighted by Crippen LogP contribution is 2.21. The fourth-order valence-electron chi connectivity index (χ4n) is 1.78. The molecule has 1 aliphatic heterocycles. The van der Waals surface area contributed by atoms with Crippen LogP contribution in [0.5, 0.6) is 0 Å². The average molecular weight is 266 g/mol. The number of esters is 1. The summed E-state index contributed by atoms with van der Waals surface area (Å²) in [4.78, 5) is 27.1. The zero-order valence-electron chi connectivity index (χ0n) is 12.0. The Hall–Kier alpha value is -1.62. The molecule has 0 saturated carbocycles. The van der Waals surface area contributed by atoms with Crippen molar-refractivity contribution in [3.63, 3.8) is 0 Å². The van der Waals surface area contributed by atoms with E-state index < -0.39 is 0 Å². The van der Waals surface area contributed by atoms with Crippen LogP contribution in [0.3, 0.4) is 0 Å². The number of carbonyl (C=O) groups excluding carboxylic acids is 2. The van der Waals surface area contributed by atoms with E-state index in [0.717, 1.165) is 0 Å². The molecular weight excluding hydrogens is 244 g/mol. The maximum Gasteiger partial charge on any atom is 0.334 e. The van der Waals surface area contributed by atoms with Gasteiger partial charge in [0.05, 0.1) is 5.92 Å². The third kappa shape index (κ3) is 3.92. The van der Waals surface area contributed by atoms with Crippen molar-refractivity contribution < 1.29 is 14.3 Å². The smallest absolute Gasteiger partial charge is 0.334 e. The molecule has 5 heteroatoms. The van der Waals surface area contributed by atoms with Gasteiger partial charge in [0.2, 0.25) is 5.91 Å². The lowest BCUT2D eigenvalue weighted by molar-refractivity contribution is -0.150. The first kappa shape index (κ1) is 15.4. The second kappa shape index (κ2) is 6.52. The lowest BCUT2D eigenvalue weighted by atomic mass is 10.1. The molecule has 1 aliphatic rings. The number of hydrogen-bond acceptors (Lipinski definition) is 4. The van der Waals surface area contributed by atoms with Crippen LogP contribution in [0.25, 0.3) is 0 Å². The van der Waals surface area contributed by atoms with Crippen molar-refractivity contribution in [1.82, 2.24) is 9.80 Å². The molecule has 1 heterocycles. The number of amides is 1. The largest absolute Gasteiger partial charge is 0.443 e. The Kier molecular flexibility index (Phi) is 5.30. The molecule has 5 nitrogen and oxygen atoms in total. The molecule has 0 radical (unpaired) electrons. The molecule has 0 spiro atoms. The molecule has 2 unspecified atom stereocenters. The van der Waals surface area contributed by atoms with Gasteiger partial charge in [-0.2, -0.15) is 0 Å². The van der Waals surface area contributed by atoms with E-state index in [4.69, 9.17) is 4.74 Å². The van der Waals surface area contributed by atoms with Gasteiger partial charge in [-0.15, -0.1) is 0 Å². The highest BCUT2D eigenvalue weighted by atomic mass is 16.6. The van der Waals surface area contributed by atoms with Gasteiger partial charge in [-0.25, -0.2) is 4.79 Å². The first-order valence-corrected chi connectivity index (χ1v) is 6.35. The molecule has 0 bridgehead atoms. The van der Waals surface area contributed by atoms with E-state index in [1.54, 1.807) is 29.7 Å². The number of ether oxygens (including phenoxy) is 1. The van der Waals surface area contributed by atoms with E-state index in [-0.39, 0.29) is 24.0 Å². The van der Waals surface area contributed by atoms with Crippen LogP contribution < -0.4 is 0 Å². The van der Waals surface area contributed by atoms with Gasteiger partial charge in [0.25, 0.3) is 0 Å². The van der Waals surface area contributed by atoms with Gasteiger partial charge in [-0.05, 0) is 40.6 Å². The molecule has 0 aliphatic carbocycles. The van der Waals surface area contributed by atoms with Gasteiger partial charge in [0.1, 0.15) is 0 Å². The van der Waals surface area contributed by atoms with E-state index >= 15 is 0 Å². The molecule has 19 heavy (non-hydrogen) atoms. The molecule has 0 aromatic heterocycles. The van der Waals surface area contributed by atoms with Crippen molar-refractivity contribution in [3.8, 4) is 0 Å². The normalized spacial score (nSPS) is 21.7. The molecule has 0 aromatic carbocycles. The van der Waals surface area contributed by atoms with E-state index in [1.807, 2.05) is 14.1 Å². The standard InChI is InChI=1S/C14H22N2O3/c1-6-16-8-7-12(13(16)17)9-10(2)14(18)19-11(3)15(4)5/h6,9,11-12H,1,7-8H2,2-5H3/b10-9+. The zero-order valence-corrected chi connectivity index (χ0v) is 12.0. The molecule has 1 amide bonds. The van der Waals surface area contributed by atoms with Crippen LogP contribution in [-0.2, 0) is 14.3 Å². The molecular formula is C14H22N2O3. The van der Waals surface area contributed by atoms with Gasteiger partial charge in [0, 0.05) is 12.1 Å². The minimum atomic E-state index is -0.383. The number of nitrogens with zero attached hydrogens (tertiary/aromatic N) is 2. The van der Waals surface area contributed by atoms with Crippen molar-refractivity contribution >= 4 is 11.9 Å². The second-order valence-corrected chi connectivity index (χ2v) is 4.93. The Balaban J connectivity index is 2.64. The number of likely N-dealkylation sites (tertiary alicyclic amines) is 1. The van der Waals surface area contributed by atoms with E-state index in [0.29, 0.717) is 18.5 Å². The van der Waals surface area contributed by atoms with Crippen molar-refractivity contribution in [2.24, 2.45) is 5.92 Å². The topological polar surface area (TPSA) is 49.9 Å². The Morgan fingerprint density at radius 1 is 1.58 bits per heavy atom. The predicted molar refractivity (Wildman–Crippen MR) is 73.0 cm³/mol. The minimum Gasteiger partial charge on any atom is -0.443 e. The molecule has 1 saturated heterocycles. The first-order valence-electron chi connectivity index (χ1n) is 6.35. The predicted octanol–water partition coefficient (Wildman–Crippen LogP) is 1.38. The molecule has 1 rings (SSSR count). The summed E-state index contributed by atoms with van der Waals surface area (Å²) in [6, 6.07) is 0. The Labute approximate surface area is 114 Å². The van der Waals surface area contributed by atoms with Gasteiger partial charge < -0.3 is 9.64 Å². The highest BCUT2D eigenvalue weighted by molar-refractivity contribution is 5.90. The van der Waals surface area contributed by atoms with Gasteiger partial charge in [0.15, 0.2) is 6.23 Å². The first-order chi connectivity index (χ1) is 8.86. The Morgan fingerprint density at radius 3 is 2.68 bits per heavy atom. The van der Waals surface area contributed by atoms with E-state index in [9.17, 15) is 9.59 Å². The minimum absolute atomic E-state index is 0.0113. The SMILES string of the molecule is C=CN1CCC(/C=C(\C)C(=O)OC(C)N(C)C)C1=O. The van der Waals surface area contributed by atoms with Crippen molar-refractivity contribution in [3.05, 3.63) is 24.4 Å². The number of carbonyl (C=O) groups is 2. The number of hydrogen-bond donors (Lipinski definition) is 0. The van der Waals surface area contributed by atoms with Crippen molar-refractivity contribution in [2.75, 3.05) is 20.6 Å². The summed E-state index contributed by atoms with van der Waals surface area (Å²) in [5.41, 5.74) is 0.470. The fraction of sp³-hybridized carbons (Fsp3) is 0.571. The van der Waals surface area contributed by atoms with Gasteiger partial charge in [-0.3, -0.25) is 9.69 Å². The molecule has 0 N–H and O–H groups in total. The summed E-state index contributed by atoms with van der Waals surface area (Å²) in [6.45, 7) is 7.71. The fourth-order valence-corrected chi connectivity index (χ4v) is 1.78. The number of rotatable bonds is 5. The summed E-state index contributed by atoms with van der Waals surface area (Å²) in [7, 11) is 3.67. The lowest BCUT2D eigenvalue weighted by Gasteiger charge is -2.20. The third-order valence-corrected chi connectivity index (χ3v) is 3.28. The summed E-state index contributed by atoms with van der Waals surface area (Å²) in [5, 5.41) is 0. The molecule has 0 aromatic rings. The van der Waals surface area contributed by atoms with Crippen LogP contribution in [0.15, 0.2) is 24.4 Å². The van der Waals surface area contributed by atoms with Crippen LogP contribution in [-0.4, -0.2) is 48.5 Å². The summed E-state index contributed by atoms with van der Waals surface area (Å²) < 4.78 is 5.25. The maximum absolute atomic E-state index is 11.9. The lowest BCUT2D eigenvalue weighted by Crippen LogP contribution is -2.30. The maximum atomic E-state index is 11.9. The summed E-state index contributed by atoms with van der Waals surface area (Å²) in [5.74, 6) is -0.644. The Morgan fingerprint density at radius 2 is 2.21 bits per heavy atom. The van der Waals surface area contributed by atoms with Crippen LogP contribution in [0.4, 0.5) is 0 Å². The van der Waals surface area contributed by atoms with Gasteiger partial charge in [-0.1, -0.05) is 12.7 Å². The Bertz CT molecular complexity index is 401. The van der Waals surface area contributed by atoms with Crippen LogP contribution in [0, 0.1) is 5.92 Å². The van der Waals surface area contributed by atoms with Crippen LogP contribution >= 0.6 is 0 Å². The van der Waals surface area contributed by atoms with Crippen molar-refractivity contribution in [2.45, 2.75) is 26.5 Å². The van der Waals surface area contributed by atoms with E-state index in [1.165, 1.54) is 6.20 Å². The average Bonchev–Trinajstić information content (AvgIpc) is 2.70. The van der Waals surface area contributed by atoms with Crippen LogP contribution in [0.1, 0.15) is 20.3 Å². The zero-order chi connectivity index (χ0) is 14.6. The summed E-state index contributed by atoms with van der Waals surface area (Å²) >= 11 is 0. The summed E-state index contributed by atoms with van der Waals surface area (Å²) in [6.07, 6.45) is 3.63. The third-order valence-electron chi connectivity index (χ3n) is 3.28.